The quantitative estimate of drug-likeness (QED) is 0.540. The van der Waals surface area contributed by atoms with Gasteiger partial charge in [-0.15, -0.1) is 0 Å². The molecule has 2 atom stereocenters. The van der Waals surface area contributed by atoms with Crippen molar-refractivity contribution in [3.8, 4) is 0 Å². The zero-order valence-electron chi connectivity index (χ0n) is 10.3. The lowest BCUT2D eigenvalue weighted by Gasteiger charge is -2.22. The van der Waals surface area contributed by atoms with Crippen LogP contribution in [0.25, 0.3) is 0 Å². The van der Waals surface area contributed by atoms with Crippen LogP contribution in [0.2, 0.25) is 0 Å². The Morgan fingerprint density at radius 1 is 1.53 bits per heavy atom. The average molecular weight is 365 g/mol. The summed E-state index contributed by atoms with van der Waals surface area (Å²) in [6, 6.07) is 0.694. The Morgan fingerprint density at radius 2 is 2.41 bits per heavy atom. The van der Waals surface area contributed by atoms with E-state index in [0.717, 1.165) is 13.2 Å². The average Bonchev–Trinajstić information content (AvgIpc) is 2.69. The van der Waals surface area contributed by atoms with Gasteiger partial charge in [0.25, 0.3) is 0 Å². The first kappa shape index (κ1) is 13.9. The molecule has 1 aliphatic carbocycles. The second-order valence-electron chi connectivity index (χ2n) is 4.99. The van der Waals surface area contributed by atoms with Gasteiger partial charge in [0.2, 0.25) is 0 Å². The third-order valence-electron chi connectivity index (χ3n) is 3.60. The molecule has 1 aliphatic heterocycles. The second-order valence-corrected chi connectivity index (χ2v) is 6.43. The van der Waals surface area contributed by atoms with E-state index in [1.165, 1.54) is 40.6 Å². The van der Waals surface area contributed by atoms with Crippen LogP contribution in [0.4, 0.5) is 0 Å². The van der Waals surface area contributed by atoms with Gasteiger partial charge in [0, 0.05) is 40.3 Å². The van der Waals surface area contributed by atoms with Gasteiger partial charge < -0.3 is 4.18 Å². The molecule has 2 nitrogen and oxygen atoms in total. The van der Waals surface area contributed by atoms with Gasteiger partial charge in [-0.05, 0) is 37.7 Å². The van der Waals surface area contributed by atoms with Crippen molar-refractivity contribution in [1.82, 2.24) is 4.90 Å². The van der Waals surface area contributed by atoms with Crippen molar-refractivity contribution >= 4 is 30.4 Å². The van der Waals surface area contributed by atoms with Gasteiger partial charge >= 0.3 is 0 Å². The van der Waals surface area contributed by atoms with E-state index in [2.05, 4.69) is 51.3 Å². The number of hydrogen-bond acceptors (Lipinski definition) is 3. The van der Waals surface area contributed by atoms with E-state index in [1.54, 1.807) is 0 Å². The summed E-state index contributed by atoms with van der Waals surface area (Å²) in [5.41, 5.74) is 1.49. The highest BCUT2D eigenvalue weighted by molar-refractivity contribution is 14.2. The summed E-state index contributed by atoms with van der Waals surface area (Å²) < 4.78 is 5.45. The first-order valence-corrected chi connectivity index (χ1v) is 9.58. The zero-order chi connectivity index (χ0) is 12.1. The molecule has 1 heterocycles. The fourth-order valence-corrected chi connectivity index (χ4v) is 3.38. The number of rotatable bonds is 5. The predicted molar refractivity (Wildman–Crippen MR) is 83.2 cm³/mol. The number of hydrogen-bond donors (Lipinski definition) is 0. The van der Waals surface area contributed by atoms with E-state index in [1.807, 2.05) is 0 Å². The van der Waals surface area contributed by atoms with Crippen LogP contribution in [-0.4, -0.2) is 30.6 Å². The van der Waals surface area contributed by atoms with Gasteiger partial charge in [0.15, 0.2) is 0 Å². The Kier molecular flexibility index (Phi) is 5.86. The molecular weight excluding hydrogens is 345 g/mol. The zero-order valence-corrected chi connectivity index (χ0v) is 13.2. The van der Waals surface area contributed by atoms with Gasteiger partial charge in [-0.1, -0.05) is 18.2 Å². The van der Waals surface area contributed by atoms with Gasteiger partial charge in [-0.2, -0.15) is 0 Å². The van der Waals surface area contributed by atoms with Crippen molar-refractivity contribution in [3.05, 3.63) is 23.8 Å². The third kappa shape index (κ3) is 4.26. The molecule has 0 aromatic heterocycles. The minimum absolute atomic E-state index is 0.694. The summed E-state index contributed by atoms with van der Waals surface area (Å²) >= 11 is 2.19. The molecular formula is C13H20INOS. The Balaban J connectivity index is 1.81. The van der Waals surface area contributed by atoms with Crippen molar-refractivity contribution in [2.45, 2.75) is 32.2 Å². The largest absolute Gasteiger partial charge is 0.305 e. The third-order valence-corrected chi connectivity index (χ3v) is 4.58. The monoisotopic (exact) mass is 365 g/mol. The molecule has 2 unspecified atom stereocenters. The molecule has 0 saturated carbocycles. The maximum Gasteiger partial charge on any atom is 0.0664 e. The van der Waals surface area contributed by atoms with Crippen LogP contribution in [0.5, 0.6) is 0 Å². The van der Waals surface area contributed by atoms with E-state index in [-0.39, 0.29) is 0 Å². The Bertz CT molecular complexity index is 306. The molecule has 0 aromatic carbocycles. The van der Waals surface area contributed by atoms with Crippen LogP contribution in [-0.2, 0) is 4.18 Å². The summed E-state index contributed by atoms with van der Waals surface area (Å²) in [5, 5.41) is 0. The summed E-state index contributed by atoms with van der Waals surface area (Å²) in [4.78, 5) is 2.59. The first-order chi connectivity index (χ1) is 8.29. The molecule has 0 N–H and O–H groups in total. The topological polar surface area (TPSA) is 12.5 Å². The SMILES string of the molecule is CC1CC(COSI)CN1CC1=CCCC=C1. The Labute approximate surface area is 121 Å². The van der Waals surface area contributed by atoms with Gasteiger partial charge in [-0.25, -0.2) is 0 Å². The minimum atomic E-state index is 0.694. The number of likely N-dealkylation sites (tertiary alicyclic amines) is 1. The normalized spacial score (nSPS) is 29.6. The summed E-state index contributed by atoms with van der Waals surface area (Å²) in [6.45, 7) is 5.53. The van der Waals surface area contributed by atoms with Crippen LogP contribution < -0.4 is 0 Å². The van der Waals surface area contributed by atoms with Gasteiger partial charge in [0.1, 0.15) is 0 Å². The summed E-state index contributed by atoms with van der Waals surface area (Å²) in [7, 11) is 1.46. The molecule has 0 aromatic rings. The van der Waals surface area contributed by atoms with E-state index >= 15 is 0 Å². The van der Waals surface area contributed by atoms with Crippen LogP contribution in [0.3, 0.4) is 0 Å². The minimum Gasteiger partial charge on any atom is -0.305 e. The maximum atomic E-state index is 5.45. The van der Waals surface area contributed by atoms with Crippen molar-refractivity contribution < 1.29 is 4.18 Å². The first-order valence-electron chi connectivity index (χ1n) is 6.29. The fourth-order valence-electron chi connectivity index (χ4n) is 2.70. The fraction of sp³-hybridized carbons (Fsp3) is 0.692. The second kappa shape index (κ2) is 7.16. The highest BCUT2D eigenvalue weighted by Gasteiger charge is 2.29. The number of nitrogens with zero attached hydrogens (tertiary/aromatic N) is 1. The van der Waals surface area contributed by atoms with Crippen molar-refractivity contribution in [1.29, 1.82) is 0 Å². The maximum absolute atomic E-state index is 5.45. The molecule has 0 spiro atoms. The molecule has 1 fully saturated rings. The predicted octanol–water partition coefficient (Wildman–Crippen LogP) is 3.99. The van der Waals surface area contributed by atoms with Crippen molar-refractivity contribution in [2.24, 2.45) is 5.92 Å². The van der Waals surface area contributed by atoms with Crippen LogP contribution in [0, 0.1) is 5.92 Å². The molecule has 0 radical (unpaired) electrons. The van der Waals surface area contributed by atoms with E-state index in [0.29, 0.717) is 12.0 Å². The van der Waals surface area contributed by atoms with Crippen molar-refractivity contribution in [3.63, 3.8) is 0 Å². The lowest BCUT2D eigenvalue weighted by Crippen LogP contribution is -2.29. The highest BCUT2D eigenvalue weighted by atomic mass is 127. The Hall–Kier alpha value is 0.480. The molecule has 2 aliphatic rings. The summed E-state index contributed by atoms with van der Waals surface area (Å²) in [5.74, 6) is 0.709. The van der Waals surface area contributed by atoms with E-state index in [9.17, 15) is 0 Å². The van der Waals surface area contributed by atoms with Gasteiger partial charge in [-0.3, -0.25) is 4.90 Å². The van der Waals surface area contributed by atoms with Crippen LogP contribution >= 0.6 is 30.4 Å². The lowest BCUT2D eigenvalue weighted by atomic mass is 10.1. The number of halogens is 1. The number of allylic oxidation sites excluding steroid dienone is 2. The highest BCUT2D eigenvalue weighted by Crippen LogP contribution is 2.27. The lowest BCUT2D eigenvalue weighted by molar-refractivity contribution is 0.266. The van der Waals surface area contributed by atoms with Crippen molar-refractivity contribution in [2.75, 3.05) is 19.7 Å². The molecule has 0 amide bonds. The van der Waals surface area contributed by atoms with E-state index < -0.39 is 0 Å². The van der Waals surface area contributed by atoms with Gasteiger partial charge in [0.05, 0.1) is 15.8 Å². The summed E-state index contributed by atoms with van der Waals surface area (Å²) in [6.07, 6.45) is 10.7. The Morgan fingerprint density at radius 3 is 3.12 bits per heavy atom. The molecule has 1 saturated heterocycles. The molecule has 17 heavy (non-hydrogen) atoms. The smallest absolute Gasteiger partial charge is 0.0664 e. The van der Waals surface area contributed by atoms with Crippen LogP contribution in [0.15, 0.2) is 23.8 Å². The molecule has 2 rings (SSSR count). The van der Waals surface area contributed by atoms with Crippen LogP contribution in [0.1, 0.15) is 26.2 Å². The van der Waals surface area contributed by atoms with E-state index in [4.69, 9.17) is 4.18 Å². The molecule has 4 heteroatoms. The molecule has 0 bridgehead atoms. The standard InChI is InChI=1S/C13H20INOS/c1-11-7-13(10-16-17-14)9-15(11)8-12-5-3-2-4-6-12/h3,5-6,11,13H,2,4,7-10H2,1H3. The molecule has 96 valence electrons.